The highest BCUT2D eigenvalue weighted by atomic mass is 28.4. The maximum atomic E-state index is 5.90. The quantitative estimate of drug-likeness (QED) is 0.565. The van der Waals surface area contributed by atoms with Crippen LogP contribution in [0.15, 0.2) is 0 Å². The summed E-state index contributed by atoms with van der Waals surface area (Å²) < 4.78 is 11.5. The van der Waals surface area contributed by atoms with Gasteiger partial charge in [0.25, 0.3) is 0 Å². The second-order valence-electron chi connectivity index (χ2n) is 3.42. The van der Waals surface area contributed by atoms with Crippen LogP contribution in [-0.2, 0) is 8.85 Å². The molecule has 0 spiro atoms. The first-order chi connectivity index (χ1) is 6.24. The van der Waals surface area contributed by atoms with Gasteiger partial charge in [0.05, 0.1) is 0 Å². The molecule has 0 saturated heterocycles. The van der Waals surface area contributed by atoms with E-state index in [1.165, 1.54) is 12.8 Å². The Morgan fingerprint density at radius 2 is 1.77 bits per heavy atom. The zero-order chi connectivity index (χ0) is 10.2. The van der Waals surface area contributed by atoms with Gasteiger partial charge in [0.15, 0.2) is 0 Å². The highest BCUT2D eigenvalue weighted by molar-refractivity contribution is 6.67. The Kier molecular flexibility index (Phi) is 7.61. The van der Waals surface area contributed by atoms with Crippen LogP contribution in [0.3, 0.4) is 0 Å². The molecule has 0 fully saturated rings. The Balaban J connectivity index is 3.97. The van der Waals surface area contributed by atoms with Gasteiger partial charge in [0.2, 0.25) is 0 Å². The predicted molar refractivity (Wildman–Crippen MR) is 59.2 cm³/mol. The van der Waals surface area contributed by atoms with E-state index < -0.39 is 8.56 Å². The lowest BCUT2D eigenvalue weighted by molar-refractivity contribution is 0.198. The van der Waals surface area contributed by atoms with E-state index in [1.54, 1.807) is 7.11 Å². The fourth-order valence-electron chi connectivity index (χ4n) is 1.39. The first-order valence-electron chi connectivity index (χ1n) is 5.43. The molecule has 0 radical (unpaired) electrons. The van der Waals surface area contributed by atoms with E-state index in [-0.39, 0.29) is 0 Å². The van der Waals surface area contributed by atoms with Gasteiger partial charge in [-0.25, -0.2) is 0 Å². The summed E-state index contributed by atoms with van der Waals surface area (Å²) in [6, 6.07) is 2.22. The van der Waals surface area contributed by atoms with Crippen LogP contribution in [0.5, 0.6) is 0 Å². The molecule has 1 atom stereocenters. The van der Waals surface area contributed by atoms with E-state index in [9.17, 15) is 0 Å². The lowest BCUT2D eigenvalue weighted by Crippen LogP contribution is -2.40. The molecule has 80 valence electrons. The summed E-state index contributed by atoms with van der Waals surface area (Å²) in [7, 11) is 0.0212. The van der Waals surface area contributed by atoms with Crippen LogP contribution in [0.4, 0.5) is 0 Å². The average molecular weight is 204 g/mol. The lowest BCUT2D eigenvalue weighted by atomic mass is 10.4. The van der Waals surface area contributed by atoms with E-state index in [0.29, 0.717) is 0 Å². The van der Waals surface area contributed by atoms with Gasteiger partial charge in [-0.3, -0.25) is 0 Å². The Labute approximate surface area is 83.9 Å². The molecule has 0 rings (SSSR count). The fraction of sp³-hybridized carbons (Fsp3) is 1.00. The average Bonchev–Trinajstić information content (AvgIpc) is 2.20. The largest absolute Gasteiger partial charge is 0.398 e. The molecule has 1 unspecified atom stereocenters. The molecular formula is C10H24O2Si. The van der Waals surface area contributed by atoms with Crippen molar-refractivity contribution in [2.75, 3.05) is 13.7 Å². The highest BCUT2D eigenvalue weighted by Gasteiger charge is 2.33. The minimum Gasteiger partial charge on any atom is -0.398 e. The fourth-order valence-corrected chi connectivity index (χ4v) is 4.17. The molecule has 0 aromatic carbocycles. The van der Waals surface area contributed by atoms with Gasteiger partial charge in [-0.1, -0.05) is 33.6 Å². The highest BCUT2D eigenvalue weighted by Crippen LogP contribution is 2.21. The van der Waals surface area contributed by atoms with Crippen LogP contribution in [0.2, 0.25) is 12.1 Å². The van der Waals surface area contributed by atoms with Crippen LogP contribution >= 0.6 is 0 Å². The second kappa shape index (κ2) is 7.53. The Bertz CT molecular complexity index is 103. The minimum absolute atomic E-state index is 0.859. The normalized spacial score (nSPS) is 15.7. The summed E-state index contributed by atoms with van der Waals surface area (Å²) in [6.45, 7) is 7.40. The van der Waals surface area contributed by atoms with Crippen molar-refractivity contribution in [3.63, 3.8) is 0 Å². The molecule has 3 heteroatoms. The summed E-state index contributed by atoms with van der Waals surface area (Å²) in [4.78, 5) is 0. The zero-order valence-corrected chi connectivity index (χ0v) is 10.6. The first kappa shape index (κ1) is 13.1. The van der Waals surface area contributed by atoms with Crippen LogP contribution in [0.1, 0.15) is 40.0 Å². The minimum atomic E-state index is -1.79. The Morgan fingerprint density at radius 3 is 2.15 bits per heavy atom. The van der Waals surface area contributed by atoms with Crippen LogP contribution in [0.25, 0.3) is 0 Å². The van der Waals surface area contributed by atoms with Crippen LogP contribution < -0.4 is 0 Å². The van der Waals surface area contributed by atoms with Gasteiger partial charge in [-0.05, 0) is 18.5 Å². The summed E-state index contributed by atoms with van der Waals surface area (Å²) in [5.41, 5.74) is 0. The van der Waals surface area contributed by atoms with Crippen LogP contribution in [0, 0.1) is 0 Å². The van der Waals surface area contributed by atoms with Crippen LogP contribution in [-0.4, -0.2) is 22.3 Å². The number of hydrogen-bond acceptors (Lipinski definition) is 2. The van der Waals surface area contributed by atoms with Gasteiger partial charge in [-0.2, -0.15) is 0 Å². The van der Waals surface area contributed by atoms with Gasteiger partial charge in [0, 0.05) is 13.7 Å². The van der Waals surface area contributed by atoms with Crippen molar-refractivity contribution in [3.8, 4) is 0 Å². The maximum absolute atomic E-state index is 5.90. The predicted octanol–water partition coefficient (Wildman–Crippen LogP) is 3.32. The van der Waals surface area contributed by atoms with Crippen molar-refractivity contribution < 1.29 is 8.85 Å². The van der Waals surface area contributed by atoms with Gasteiger partial charge in [-0.15, -0.1) is 0 Å². The summed E-state index contributed by atoms with van der Waals surface area (Å²) in [6.07, 6.45) is 3.55. The summed E-state index contributed by atoms with van der Waals surface area (Å²) in [5.74, 6) is 0. The molecule has 0 aliphatic carbocycles. The topological polar surface area (TPSA) is 18.5 Å². The molecule has 0 saturated carbocycles. The zero-order valence-electron chi connectivity index (χ0n) is 9.56. The Hall–Kier alpha value is 0.137. The third-order valence-electron chi connectivity index (χ3n) is 2.39. The first-order valence-corrected chi connectivity index (χ1v) is 7.66. The molecular weight excluding hydrogens is 180 g/mol. The van der Waals surface area contributed by atoms with Crippen molar-refractivity contribution in [1.29, 1.82) is 0 Å². The van der Waals surface area contributed by atoms with E-state index in [4.69, 9.17) is 8.85 Å². The van der Waals surface area contributed by atoms with Gasteiger partial charge in [0.1, 0.15) is 0 Å². The molecule has 0 bridgehead atoms. The standard InChI is InChI=1S/C10H24O2Si/c1-5-8-10-13(7-3,11-4)12-9-6-2/h5-10H2,1-4H3. The molecule has 0 aromatic rings. The smallest absolute Gasteiger partial charge is 0.337 e. The molecule has 0 aliphatic rings. The monoisotopic (exact) mass is 204 g/mol. The summed E-state index contributed by atoms with van der Waals surface area (Å²) in [5, 5.41) is 0. The molecule has 0 aliphatic heterocycles. The molecule has 0 N–H and O–H groups in total. The number of unbranched alkanes of at least 4 members (excludes halogenated alkanes) is 1. The maximum Gasteiger partial charge on any atom is 0.337 e. The van der Waals surface area contributed by atoms with E-state index in [2.05, 4.69) is 20.8 Å². The van der Waals surface area contributed by atoms with E-state index in [0.717, 1.165) is 25.1 Å². The number of hydrogen-bond donors (Lipinski definition) is 0. The summed E-state index contributed by atoms with van der Waals surface area (Å²) >= 11 is 0. The van der Waals surface area contributed by atoms with Crippen molar-refractivity contribution in [3.05, 3.63) is 0 Å². The van der Waals surface area contributed by atoms with E-state index >= 15 is 0 Å². The van der Waals surface area contributed by atoms with Crippen molar-refractivity contribution in [1.82, 2.24) is 0 Å². The number of rotatable bonds is 8. The molecule has 0 heterocycles. The van der Waals surface area contributed by atoms with E-state index in [1.807, 2.05) is 0 Å². The van der Waals surface area contributed by atoms with Crippen molar-refractivity contribution >= 4 is 8.56 Å². The third-order valence-corrected chi connectivity index (χ3v) is 6.06. The van der Waals surface area contributed by atoms with Gasteiger partial charge < -0.3 is 8.85 Å². The van der Waals surface area contributed by atoms with Crippen molar-refractivity contribution in [2.24, 2.45) is 0 Å². The molecule has 13 heavy (non-hydrogen) atoms. The lowest BCUT2D eigenvalue weighted by Gasteiger charge is -2.27. The molecule has 0 aromatic heterocycles. The molecule has 2 nitrogen and oxygen atoms in total. The van der Waals surface area contributed by atoms with Crippen molar-refractivity contribution in [2.45, 2.75) is 52.1 Å². The van der Waals surface area contributed by atoms with Gasteiger partial charge >= 0.3 is 8.56 Å². The SMILES string of the molecule is CCCC[Si](CC)(OC)OCCC. The Morgan fingerprint density at radius 1 is 1.08 bits per heavy atom. The second-order valence-corrected chi connectivity index (χ2v) is 7.15. The molecule has 0 amide bonds. The third kappa shape index (κ3) is 4.79.